The maximum absolute atomic E-state index is 13.3. The predicted molar refractivity (Wildman–Crippen MR) is 86.7 cm³/mol. The van der Waals surface area contributed by atoms with Crippen molar-refractivity contribution in [2.24, 2.45) is 11.8 Å². The Kier molecular flexibility index (Phi) is 4.36. The van der Waals surface area contributed by atoms with Crippen molar-refractivity contribution in [1.29, 1.82) is 0 Å². The lowest BCUT2D eigenvalue weighted by atomic mass is 9.80. The number of carbonyl (C=O) groups is 3. The molecule has 2 saturated heterocycles. The molecule has 3 rings (SSSR count). The van der Waals surface area contributed by atoms with Gasteiger partial charge in [0.2, 0.25) is 11.8 Å². The Morgan fingerprint density at radius 3 is 2.44 bits per heavy atom. The fourth-order valence-corrected chi connectivity index (χ4v) is 3.94. The summed E-state index contributed by atoms with van der Waals surface area (Å²) >= 11 is 0. The van der Waals surface area contributed by atoms with Gasteiger partial charge in [0, 0.05) is 12.6 Å². The first-order valence-electron chi connectivity index (χ1n) is 8.40. The number of imide groups is 1. The number of ether oxygens (including phenoxy) is 1. The zero-order valence-electron chi connectivity index (χ0n) is 14.4. The number of hydrogen-bond acceptors (Lipinski definition) is 5. The predicted octanol–water partition coefficient (Wildman–Crippen LogP) is 1.41. The Morgan fingerprint density at radius 2 is 1.88 bits per heavy atom. The second kappa shape index (κ2) is 6.22. The molecule has 1 aromatic rings. The first kappa shape index (κ1) is 17.5. The molecule has 0 aromatic heterocycles. The topological polar surface area (TPSA) is 75.7 Å². The van der Waals surface area contributed by atoms with E-state index in [1.54, 1.807) is 32.9 Å². The molecule has 0 aliphatic carbocycles. The number of nitrogens with one attached hydrogen (secondary N) is 1. The van der Waals surface area contributed by atoms with Crippen molar-refractivity contribution in [3.05, 3.63) is 35.6 Å². The summed E-state index contributed by atoms with van der Waals surface area (Å²) < 4.78 is 18.4. The van der Waals surface area contributed by atoms with Crippen molar-refractivity contribution in [1.82, 2.24) is 10.2 Å². The third-order valence-electron chi connectivity index (χ3n) is 5.12. The average molecular weight is 348 g/mol. The first-order valence-corrected chi connectivity index (χ1v) is 8.40. The van der Waals surface area contributed by atoms with E-state index in [2.05, 4.69) is 5.32 Å². The van der Waals surface area contributed by atoms with Gasteiger partial charge in [-0.3, -0.25) is 24.6 Å². The van der Waals surface area contributed by atoms with E-state index in [1.807, 2.05) is 0 Å². The van der Waals surface area contributed by atoms with Crippen LogP contribution in [0.2, 0.25) is 0 Å². The maximum atomic E-state index is 13.3. The van der Waals surface area contributed by atoms with E-state index in [0.717, 1.165) is 0 Å². The molecule has 0 bridgehead atoms. The van der Waals surface area contributed by atoms with Crippen LogP contribution in [-0.2, 0) is 19.1 Å². The molecule has 0 spiro atoms. The van der Waals surface area contributed by atoms with Gasteiger partial charge in [0.25, 0.3) is 0 Å². The Morgan fingerprint density at radius 1 is 1.24 bits per heavy atom. The molecule has 1 N–H and O–H groups in total. The summed E-state index contributed by atoms with van der Waals surface area (Å²) in [4.78, 5) is 39.3. The highest BCUT2D eigenvalue weighted by atomic mass is 19.1. The van der Waals surface area contributed by atoms with Gasteiger partial charge < -0.3 is 4.74 Å². The van der Waals surface area contributed by atoms with E-state index in [1.165, 1.54) is 17.0 Å². The highest BCUT2D eigenvalue weighted by molar-refractivity contribution is 6.09. The molecule has 0 unspecified atom stereocenters. The van der Waals surface area contributed by atoms with Crippen LogP contribution in [0.3, 0.4) is 0 Å². The van der Waals surface area contributed by atoms with Crippen LogP contribution < -0.4 is 5.32 Å². The van der Waals surface area contributed by atoms with Crippen LogP contribution in [0, 0.1) is 17.7 Å². The van der Waals surface area contributed by atoms with Crippen molar-refractivity contribution < 1.29 is 23.5 Å². The Balaban J connectivity index is 2.07. The lowest BCUT2D eigenvalue weighted by Crippen LogP contribution is -2.54. The van der Waals surface area contributed by atoms with Crippen LogP contribution in [0.5, 0.6) is 0 Å². The van der Waals surface area contributed by atoms with Crippen LogP contribution in [0.15, 0.2) is 24.3 Å². The molecule has 1 aromatic carbocycles. The number of esters is 1. The fourth-order valence-electron chi connectivity index (χ4n) is 3.94. The van der Waals surface area contributed by atoms with Crippen LogP contribution in [0.4, 0.5) is 4.39 Å². The third kappa shape index (κ3) is 2.54. The second-order valence-electron chi connectivity index (χ2n) is 6.52. The maximum Gasteiger partial charge on any atom is 0.326 e. The quantitative estimate of drug-likeness (QED) is 0.658. The van der Waals surface area contributed by atoms with Gasteiger partial charge >= 0.3 is 5.97 Å². The van der Waals surface area contributed by atoms with Gasteiger partial charge in [0.05, 0.1) is 18.4 Å². The van der Waals surface area contributed by atoms with Crippen LogP contribution in [0.1, 0.15) is 32.4 Å². The van der Waals surface area contributed by atoms with Crippen LogP contribution >= 0.6 is 0 Å². The molecule has 6 nitrogen and oxygen atoms in total. The SMILES string of the molecule is CCOC(=O)[C@]1(C)N[C@H](c2ccc(F)cc2)[C@@H]2C(=O)N(CC)C(=O)[C@@H]21. The number of nitrogens with zero attached hydrogens (tertiary/aromatic N) is 1. The summed E-state index contributed by atoms with van der Waals surface area (Å²) in [6.45, 7) is 5.43. The van der Waals surface area contributed by atoms with Crippen molar-refractivity contribution >= 4 is 17.8 Å². The van der Waals surface area contributed by atoms with E-state index >= 15 is 0 Å². The molecule has 2 fully saturated rings. The van der Waals surface area contributed by atoms with Gasteiger partial charge in [-0.05, 0) is 38.5 Å². The zero-order chi connectivity index (χ0) is 18.4. The number of amides is 2. The molecule has 2 amide bonds. The largest absolute Gasteiger partial charge is 0.465 e. The summed E-state index contributed by atoms with van der Waals surface area (Å²) in [7, 11) is 0. The van der Waals surface area contributed by atoms with E-state index in [9.17, 15) is 18.8 Å². The van der Waals surface area contributed by atoms with Gasteiger partial charge in [0.1, 0.15) is 11.4 Å². The van der Waals surface area contributed by atoms with Gasteiger partial charge in [0.15, 0.2) is 0 Å². The molecule has 4 atom stereocenters. The minimum absolute atomic E-state index is 0.175. The standard InChI is InChI=1S/C18H21FN2O4/c1-4-21-15(22)12-13(16(21)23)18(3,17(24)25-5-2)20-14(12)10-6-8-11(19)9-7-10/h6-9,12-14,20H,4-5H2,1-3H3/t12-,13-,14-,18-/m1/s1. The number of rotatable bonds is 4. The normalized spacial score (nSPS) is 31.4. The molecular weight excluding hydrogens is 327 g/mol. The molecule has 0 saturated carbocycles. The van der Waals surface area contributed by atoms with E-state index < -0.39 is 35.2 Å². The van der Waals surface area contributed by atoms with Crippen molar-refractivity contribution in [2.75, 3.05) is 13.2 Å². The van der Waals surface area contributed by atoms with Crippen molar-refractivity contribution in [3.63, 3.8) is 0 Å². The van der Waals surface area contributed by atoms with Crippen LogP contribution in [-0.4, -0.2) is 41.4 Å². The summed E-state index contributed by atoms with van der Waals surface area (Å²) in [5, 5.41) is 3.13. The molecule has 2 aliphatic rings. The van der Waals surface area contributed by atoms with Gasteiger partial charge in [-0.25, -0.2) is 4.39 Å². The fraction of sp³-hybridized carbons (Fsp3) is 0.500. The van der Waals surface area contributed by atoms with Crippen molar-refractivity contribution in [2.45, 2.75) is 32.4 Å². The zero-order valence-corrected chi connectivity index (χ0v) is 14.4. The van der Waals surface area contributed by atoms with E-state index in [4.69, 9.17) is 4.74 Å². The number of halogens is 1. The molecule has 2 aliphatic heterocycles. The van der Waals surface area contributed by atoms with Gasteiger partial charge in [-0.15, -0.1) is 0 Å². The number of hydrogen-bond donors (Lipinski definition) is 1. The van der Waals surface area contributed by atoms with Gasteiger partial charge in [-0.1, -0.05) is 12.1 Å². The lowest BCUT2D eigenvalue weighted by molar-refractivity contribution is -0.155. The average Bonchev–Trinajstić information content (AvgIpc) is 3.03. The molecule has 2 heterocycles. The number of benzene rings is 1. The molecule has 25 heavy (non-hydrogen) atoms. The summed E-state index contributed by atoms with van der Waals surface area (Å²) in [6, 6.07) is 5.16. The number of likely N-dealkylation sites (tertiary alicyclic amines) is 1. The smallest absolute Gasteiger partial charge is 0.326 e. The minimum Gasteiger partial charge on any atom is -0.465 e. The highest BCUT2D eigenvalue weighted by Crippen LogP contribution is 2.48. The third-order valence-corrected chi connectivity index (χ3v) is 5.12. The van der Waals surface area contributed by atoms with E-state index in [0.29, 0.717) is 5.56 Å². The summed E-state index contributed by atoms with van der Waals surface area (Å²) in [5.74, 6) is -3.19. The Bertz CT molecular complexity index is 720. The molecule has 134 valence electrons. The Hall–Kier alpha value is -2.28. The Labute approximate surface area is 145 Å². The molecular formula is C18H21FN2O4. The highest BCUT2D eigenvalue weighted by Gasteiger charge is 2.66. The lowest BCUT2D eigenvalue weighted by Gasteiger charge is -2.28. The minimum atomic E-state index is -1.31. The van der Waals surface area contributed by atoms with Crippen molar-refractivity contribution in [3.8, 4) is 0 Å². The van der Waals surface area contributed by atoms with Crippen LogP contribution in [0.25, 0.3) is 0 Å². The monoisotopic (exact) mass is 348 g/mol. The first-order chi connectivity index (χ1) is 11.8. The summed E-state index contributed by atoms with van der Waals surface area (Å²) in [5.41, 5.74) is -0.653. The number of fused-ring (bicyclic) bond motifs is 1. The summed E-state index contributed by atoms with van der Waals surface area (Å²) in [6.07, 6.45) is 0. The molecule has 0 radical (unpaired) electrons. The number of carbonyl (C=O) groups excluding carboxylic acids is 3. The molecule has 7 heteroatoms. The second-order valence-corrected chi connectivity index (χ2v) is 6.52. The van der Waals surface area contributed by atoms with Gasteiger partial charge in [-0.2, -0.15) is 0 Å². The van der Waals surface area contributed by atoms with E-state index in [-0.39, 0.29) is 25.0 Å².